The van der Waals surface area contributed by atoms with Crippen molar-refractivity contribution in [3.63, 3.8) is 0 Å². The Bertz CT molecular complexity index is 651. The zero-order valence-electron chi connectivity index (χ0n) is 16.7. The minimum absolute atomic E-state index is 0.102. The zero-order valence-corrected chi connectivity index (χ0v) is 16.7. The van der Waals surface area contributed by atoms with Crippen molar-refractivity contribution < 1.29 is 14.3 Å². The van der Waals surface area contributed by atoms with Gasteiger partial charge in [0.05, 0.1) is 0 Å². The predicted molar refractivity (Wildman–Crippen MR) is 105 cm³/mol. The van der Waals surface area contributed by atoms with Crippen molar-refractivity contribution >= 4 is 5.91 Å². The monoisotopic (exact) mass is 376 g/mol. The molecule has 0 aliphatic carbocycles. The molecule has 0 radical (unpaired) electrons. The van der Waals surface area contributed by atoms with Gasteiger partial charge in [-0.15, -0.1) is 0 Å². The number of amides is 1. The molecule has 150 valence electrons. The summed E-state index contributed by atoms with van der Waals surface area (Å²) in [7, 11) is 0. The van der Waals surface area contributed by atoms with Gasteiger partial charge in [-0.2, -0.15) is 0 Å². The van der Waals surface area contributed by atoms with E-state index in [1.807, 2.05) is 24.8 Å². The largest absolute Gasteiger partial charge is 0.383 e. The van der Waals surface area contributed by atoms with E-state index >= 15 is 0 Å². The van der Waals surface area contributed by atoms with E-state index in [0.717, 1.165) is 57.3 Å². The Labute approximate surface area is 162 Å². The summed E-state index contributed by atoms with van der Waals surface area (Å²) in [6.45, 7) is 7.27. The van der Waals surface area contributed by atoms with E-state index in [4.69, 9.17) is 0 Å². The van der Waals surface area contributed by atoms with Crippen molar-refractivity contribution in [2.24, 2.45) is 5.92 Å². The highest BCUT2D eigenvalue weighted by atomic mass is 19.1. The molecule has 0 saturated carbocycles. The van der Waals surface area contributed by atoms with E-state index in [2.05, 4.69) is 4.90 Å². The molecule has 27 heavy (non-hydrogen) atoms. The van der Waals surface area contributed by atoms with Crippen LogP contribution in [0.4, 0.5) is 4.39 Å². The van der Waals surface area contributed by atoms with Gasteiger partial charge in [0.15, 0.2) is 0 Å². The smallest absolute Gasteiger partial charge is 0.251 e. The molecule has 4 nitrogen and oxygen atoms in total. The molecule has 1 aromatic rings. The minimum Gasteiger partial charge on any atom is -0.383 e. The Kier molecular flexibility index (Phi) is 6.53. The Morgan fingerprint density at radius 2 is 1.93 bits per heavy atom. The third-order valence-corrected chi connectivity index (χ3v) is 6.21. The maximum absolute atomic E-state index is 13.6. The number of rotatable bonds is 5. The predicted octanol–water partition coefficient (Wildman–Crippen LogP) is 3.58. The molecule has 3 rings (SSSR count). The number of likely N-dealkylation sites (tertiary alicyclic amines) is 2. The van der Waals surface area contributed by atoms with Gasteiger partial charge in [0.1, 0.15) is 11.9 Å². The molecule has 0 unspecified atom stereocenters. The molecule has 2 aliphatic heterocycles. The molecule has 2 saturated heterocycles. The third kappa shape index (κ3) is 4.88. The number of halogens is 1. The third-order valence-electron chi connectivity index (χ3n) is 6.21. The second-order valence-electron chi connectivity index (χ2n) is 8.70. The SMILES string of the molecule is CC(C)C[C@H](O)C(=O)N1CCC[C@]2(CCCN2Cc2cccc(F)c2)CC1. The summed E-state index contributed by atoms with van der Waals surface area (Å²) in [4.78, 5) is 17.0. The summed E-state index contributed by atoms with van der Waals surface area (Å²) in [6, 6.07) is 6.88. The van der Waals surface area contributed by atoms with Crippen molar-refractivity contribution in [3.8, 4) is 0 Å². The van der Waals surface area contributed by atoms with Crippen LogP contribution in [-0.4, -0.2) is 52.1 Å². The molecular weight excluding hydrogens is 343 g/mol. The topological polar surface area (TPSA) is 43.8 Å². The summed E-state index contributed by atoms with van der Waals surface area (Å²) in [5.41, 5.74) is 1.12. The number of aliphatic hydroxyl groups is 1. The second kappa shape index (κ2) is 8.70. The molecule has 2 fully saturated rings. The van der Waals surface area contributed by atoms with Crippen LogP contribution < -0.4 is 0 Å². The molecule has 0 aromatic heterocycles. The molecule has 1 amide bonds. The minimum atomic E-state index is -0.883. The number of carbonyl (C=O) groups excluding carboxylic acids is 1. The van der Waals surface area contributed by atoms with Gasteiger partial charge in [-0.25, -0.2) is 4.39 Å². The highest BCUT2D eigenvalue weighted by Gasteiger charge is 2.42. The van der Waals surface area contributed by atoms with Crippen LogP contribution in [0.15, 0.2) is 24.3 Å². The fraction of sp³-hybridized carbons (Fsp3) is 0.682. The van der Waals surface area contributed by atoms with Crippen LogP contribution in [0.1, 0.15) is 57.9 Å². The van der Waals surface area contributed by atoms with Crippen LogP contribution in [0.25, 0.3) is 0 Å². The first-order chi connectivity index (χ1) is 12.9. The standard InChI is InChI=1S/C22H33FN2O2/c1-17(2)14-20(26)21(27)24-11-4-8-22(10-13-24)9-5-12-25(22)16-18-6-3-7-19(23)15-18/h3,6-7,15,17,20,26H,4-5,8-14,16H2,1-2H3/t20-,22-/m0/s1. The van der Waals surface area contributed by atoms with E-state index in [1.54, 1.807) is 12.1 Å². The highest BCUT2D eigenvalue weighted by Crippen LogP contribution is 2.39. The van der Waals surface area contributed by atoms with Gasteiger partial charge in [0.2, 0.25) is 0 Å². The lowest BCUT2D eigenvalue weighted by atomic mass is 9.87. The molecule has 1 N–H and O–H groups in total. The van der Waals surface area contributed by atoms with Crippen LogP contribution in [-0.2, 0) is 11.3 Å². The summed E-state index contributed by atoms with van der Waals surface area (Å²) in [5.74, 6) is 0.00631. The molecule has 1 aromatic carbocycles. The zero-order chi connectivity index (χ0) is 19.4. The molecule has 5 heteroatoms. The van der Waals surface area contributed by atoms with Gasteiger partial charge < -0.3 is 10.0 Å². The number of hydrogen-bond donors (Lipinski definition) is 1. The molecule has 2 heterocycles. The number of aliphatic hydroxyl groups excluding tert-OH is 1. The average molecular weight is 377 g/mol. The molecule has 0 bridgehead atoms. The Morgan fingerprint density at radius 3 is 2.63 bits per heavy atom. The lowest BCUT2D eigenvalue weighted by Gasteiger charge is -2.38. The van der Waals surface area contributed by atoms with E-state index in [0.29, 0.717) is 18.9 Å². The number of hydrogen-bond acceptors (Lipinski definition) is 3. The number of benzene rings is 1. The van der Waals surface area contributed by atoms with E-state index in [-0.39, 0.29) is 17.3 Å². The first-order valence-electron chi connectivity index (χ1n) is 10.4. The van der Waals surface area contributed by atoms with Crippen LogP contribution >= 0.6 is 0 Å². The first-order valence-corrected chi connectivity index (χ1v) is 10.4. The van der Waals surface area contributed by atoms with E-state index in [9.17, 15) is 14.3 Å². The fourth-order valence-corrected chi connectivity index (χ4v) is 4.82. The van der Waals surface area contributed by atoms with E-state index in [1.165, 1.54) is 6.07 Å². The Hall–Kier alpha value is -1.46. The molecule has 2 aliphatic rings. The molecular formula is C22H33FN2O2. The van der Waals surface area contributed by atoms with Crippen molar-refractivity contribution in [3.05, 3.63) is 35.6 Å². The number of nitrogens with zero attached hydrogens (tertiary/aromatic N) is 2. The van der Waals surface area contributed by atoms with Crippen LogP contribution in [0, 0.1) is 11.7 Å². The maximum atomic E-state index is 13.6. The van der Waals surface area contributed by atoms with Gasteiger partial charge in [-0.1, -0.05) is 26.0 Å². The fourth-order valence-electron chi connectivity index (χ4n) is 4.82. The Morgan fingerprint density at radius 1 is 1.19 bits per heavy atom. The summed E-state index contributed by atoms with van der Waals surface area (Å²) >= 11 is 0. The van der Waals surface area contributed by atoms with Crippen molar-refractivity contribution in [2.75, 3.05) is 19.6 Å². The average Bonchev–Trinajstić information content (AvgIpc) is 2.85. The lowest BCUT2D eigenvalue weighted by Crippen LogP contribution is -2.45. The van der Waals surface area contributed by atoms with Crippen molar-refractivity contribution in [1.82, 2.24) is 9.80 Å². The highest BCUT2D eigenvalue weighted by molar-refractivity contribution is 5.80. The van der Waals surface area contributed by atoms with Gasteiger partial charge in [0.25, 0.3) is 5.91 Å². The van der Waals surface area contributed by atoms with Crippen molar-refractivity contribution in [2.45, 2.75) is 70.6 Å². The van der Waals surface area contributed by atoms with Crippen LogP contribution in [0.2, 0.25) is 0 Å². The summed E-state index contributed by atoms with van der Waals surface area (Å²) in [6.07, 6.45) is 4.88. The summed E-state index contributed by atoms with van der Waals surface area (Å²) < 4.78 is 13.6. The molecule has 2 atom stereocenters. The first kappa shape index (κ1) is 20.3. The number of carbonyl (C=O) groups is 1. The van der Waals surface area contributed by atoms with Crippen LogP contribution in [0.3, 0.4) is 0 Å². The quantitative estimate of drug-likeness (QED) is 0.854. The summed E-state index contributed by atoms with van der Waals surface area (Å²) in [5, 5.41) is 10.2. The van der Waals surface area contributed by atoms with Gasteiger partial charge in [-0.05, 0) is 68.7 Å². The Balaban J connectivity index is 1.65. The lowest BCUT2D eigenvalue weighted by molar-refractivity contribution is -0.141. The van der Waals surface area contributed by atoms with Gasteiger partial charge in [0, 0.05) is 25.2 Å². The molecule has 1 spiro atoms. The van der Waals surface area contributed by atoms with Crippen molar-refractivity contribution in [1.29, 1.82) is 0 Å². The van der Waals surface area contributed by atoms with Gasteiger partial charge in [-0.3, -0.25) is 9.69 Å². The van der Waals surface area contributed by atoms with Gasteiger partial charge >= 0.3 is 0 Å². The van der Waals surface area contributed by atoms with Crippen LogP contribution in [0.5, 0.6) is 0 Å². The maximum Gasteiger partial charge on any atom is 0.251 e. The normalized spacial score (nSPS) is 25.1. The van der Waals surface area contributed by atoms with E-state index < -0.39 is 6.10 Å². The second-order valence-corrected chi connectivity index (χ2v) is 8.70.